The maximum absolute atomic E-state index is 11.6. The van der Waals surface area contributed by atoms with Crippen LogP contribution < -0.4 is 10.5 Å². The van der Waals surface area contributed by atoms with Crippen LogP contribution >= 0.6 is 34.8 Å². The average molecular weight is 361 g/mol. The number of anilines is 1. The highest BCUT2D eigenvalue weighted by molar-refractivity contribution is 6.42. The van der Waals surface area contributed by atoms with Gasteiger partial charge in [-0.25, -0.2) is 4.98 Å². The Morgan fingerprint density at radius 3 is 2.64 bits per heavy atom. The molecule has 0 aliphatic heterocycles. The summed E-state index contributed by atoms with van der Waals surface area (Å²) in [6.45, 7) is 0. The SMILES string of the molecule is O=[N+]([O-])c1ccc([O-])c(/C=N\Nc2nc(Cl)c(Cl)cc2Cl)c1. The first kappa shape index (κ1) is 16.3. The first-order valence-corrected chi connectivity index (χ1v) is 6.78. The van der Waals surface area contributed by atoms with Crippen LogP contribution in [0.15, 0.2) is 29.4 Å². The summed E-state index contributed by atoms with van der Waals surface area (Å²) >= 11 is 17.4. The quantitative estimate of drug-likeness (QED) is 0.389. The number of non-ortho nitro benzene ring substituents is 1. The predicted molar refractivity (Wildman–Crippen MR) is 83.0 cm³/mol. The van der Waals surface area contributed by atoms with Crippen molar-refractivity contribution >= 4 is 52.5 Å². The number of hydrogen-bond acceptors (Lipinski definition) is 6. The van der Waals surface area contributed by atoms with Crippen molar-refractivity contribution in [2.75, 3.05) is 5.43 Å². The van der Waals surface area contributed by atoms with Crippen LogP contribution in [0.2, 0.25) is 15.2 Å². The second-order valence-electron chi connectivity index (χ2n) is 3.94. The van der Waals surface area contributed by atoms with Crippen LogP contribution in [0, 0.1) is 10.1 Å². The van der Waals surface area contributed by atoms with E-state index >= 15 is 0 Å². The molecule has 10 heteroatoms. The van der Waals surface area contributed by atoms with Crippen LogP contribution in [0.3, 0.4) is 0 Å². The minimum atomic E-state index is -0.610. The fourth-order valence-corrected chi connectivity index (χ4v) is 1.98. The molecule has 0 unspecified atom stereocenters. The van der Waals surface area contributed by atoms with Crippen LogP contribution in [0.1, 0.15) is 5.56 Å². The molecule has 2 aromatic rings. The summed E-state index contributed by atoms with van der Waals surface area (Å²) in [6.07, 6.45) is 1.12. The second-order valence-corrected chi connectivity index (χ2v) is 5.11. The first-order valence-electron chi connectivity index (χ1n) is 5.64. The zero-order valence-corrected chi connectivity index (χ0v) is 12.9. The number of benzene rings is 1. The lowest BCUT2D eigenvalue weighted by atomic mass is 10.2. The molecule has 0 spiro atoms. The van der Waals surface area contributed by atoms with E-state index in [2.05, 4.69) is 15.5 Å². The van der Waals surface area contributed by atoms with Gasteiger partial charge in [0.25, 0.3) is 5.69 Å². The van der Waals surface area contributed by atoms with Gasteiger partial charge in [0.05, 0.1) is 21.2 Å². The number of aromatic nitrogens is 1. The number of pyridine rings is 1. The third-order valence-corrected chi connectivity index (χ3v) is 3.43. The molecule has 0 radical (unpaired) electrons. The van der Waals surface area contributed by atoms with Gasteiger partial charge in [0.1, 0.15) is 5.15 Å². The van der Waals surface area contributed by atoms with Crippen molar-refractivity contribution in [3.05, 3.63) is 55.1 Å². The van der Waals surface area contributed by atoms with E-state index in [1.165, 1.54) is 6.07 Å². The number of hydrogen-bond donors (Lipinski definition) is 1. The Labute approximate surface area is 139 Å². The summed E-state index contributed by atoms with van der Waals surface area (Å²) in [6, 6.07) is 4.69. The highest BCUT2D eigenvalue weighted by Gasteiger charge is 2.07. The number of nitrogens with zero attached hydrogens (tertiary/aromatic N) is 3. The van der Waals surface area contributed by atoms with Gasteiger partial charge in [-0.15, -0.1) is 0 Å². The van der Waals surface area contributed by atoms with Crippen molar-refractivity contribution in [1.29, 1.82) is 0 Å². The van der Waals surface area contributed by atoms with Crippen molar-refractivity contribution in [3.8, 4) is 5.75 Å². The average Bonchev–Trinajstić information content (AvgIpc) is 2.46. The Morgan fingerprint density at radius 1 is 1.23 bits per heavy atom. The van der Waals surface area contributed by atoms with Gasteiger partial charge in [-0.1, -0.05) is 46.6 Å². The van der Waals surface area contributed by atoms with Gasteiger partial charge in [-0.3, -0.25) is 15.5 Å². The van der Waals surface area contributed by atoms with Crippen molar-refractivity contribution in [2.24, 2.45) is 5.10 Å². The van der Waals surface area contributed by atoms with E-state index in [-0.39, 0.29) is 32.3 Å². The maximum atomic E-state index is 11.6. The molecule has 7 nitrogen and oxygen atoms in total. The summed E-state index contributed by atoms with van der Waals surface area (Å²) in [4.78, 5) is 13.9. The zero-order valence-electron chi connectivity index (χ0n) is 10.6. The van der Waals surface area contributed by atoms with Gasteiger partial charge in [-0.05, 0) is 11.6 Å². The molecule has 0 amide bonds. The Morgan fingerprint density at radius 2 is 1.95 bits per heavy atom. The minimum Gasteiger partial charge on any atom is -0.872 e. The van der Waals surface area contributed by atoms with Crippen molar-refractivity contribution < 1.29 is 10.0 Å². The van der Waals surface area contributed by atoms with Crippen LogP contribution in [-0.4, -0.2) is 16.1 Å². The molecule has 0 saturated carbocycles. The summed E-state index contributed by atoms with van der Waals surface area (Å²) in [5, 5.41) is 26.4. The molecule has 0 saturated heterocycles. The lowest BCUT2D eigenvalue weighted by molar-refractivity contribution is -0.385. The van der Waals surface area contributed by atoms with Crippen molar-refractivity contribution in [3.63, 3.8) is 0 Å². The molecule has 1 aromatic heterocycles. The summed E-state index contributed by atoms with van der Waals surface area (Å²) in [5.41, 5.74) is 2.30. The third kappa shape index (κ3) is 3.76. The Kier molecular flexibility index (Phi) is 5.02. The highest BCUT2D eigenvalue weighted by Crippen LogP contribution is 2.28. The first-order chi connectivity index (χ1) is 10.4. The van der Waals surface area contributed by atoms with E-state index in [0.717, 1.165) is 24.4 Å². The molecule has 22 heavy (non-hydrogen) atoms. The topological polar surface area (TPSA) is 103 Å². The van der Waals surface area contributed by atoms with Crippen LogP contribution in [0.4, 0.5) is 11.5 Å². The van der Waals surface area contributed by atoms with E-state index in [0.29, 0.717) is 0 Å². The van der Waals surface area contributed by atoms with Gasteiger partial charge < -0.3 is 5.11 Å². The van der Waals surface area contributed by atoms with E-state index in [4.69, 9.17) is 34.8 Å². The molecule has 1 aromatic carbocycles. The number of nitrogens with one attached hydrogen (secondary N) is 1. The largest absolute Gasteiger partial charge is 0.872 e. The number of halogens is 3. The lowest BCUT2D eigenvalue weighted by Crippen LogP contribution is -2.00. The maximum Gasteiger partial charge on any atom is 0.270 e. The van der Waals surface area contributed by atoms with E-state index in [1.807, 2.05) is 0 Å². The van der Waals surface area contributed by atoms with Gasteiger partial charge in [0, 0.05) is 12.1 Å². The molecule has 0 fully saturated rings. The van der Waals surface area contributed by atoms with Gasteiger partial charge in [0.2, 0.25) is 0 Å². The van der Waals surface area contributed by atoms with E-state index in [1.54, 1.807) is 0 Å². The Bertz CT molecular complexity index is 768. The Hall–Kier alpha value is -2.09. The molecule has 1 N–H and O–H groups in total. The van der Waals surface area contributed by atoms with Crippen molar-refractivity contribution in [2.45, 2.75) is 0 Å². The smallest absolute Gasteiger partial charge is 0.270 e. The number of rotatable bonds is 4. The minimum absolute atomic E-state index is 0.0311. The summed E-state index contributed by atoms with van der Waals surface area (Å²) in [5.74, 6) is -0.283. The van der Waals surface area contributed by atoms with Gasteiger partial charge in [0.15, 0.2) is 5.82 Å². The third-order valence-electron chi connectivity index (χ3n) is 2.46. The molecule has 1 heterocycles. The fraction of sp³-hybridized carbons (Fsp3) is 0. The monoisotopic (exact) mass is 359 g/mol. The van der Waals surface area contributed by atoms with Gasteiger partial charge >= 0.3 is 0 Å². The molecule has 0 aliphatic rings. The number of hydrazone groups is 1. The molecular formula is C12H6Cl3N4O3-. The second kappa shape index (κ2) is 6.78. The molecule has 0 aliphatic carbocycles. The highest BCUT2D eigenvalue weighted by atomic mass is 35.5. The molecule has 114 valence electrons. The van der Waals surface area contributed by atoms with Gasteiger partial charge in [-0.2, -0.15) is 5.10 Å². The number of nitro groups is 1. The molecular weight excluding hydrogens is 355 g/mol. The predicted octanol–water partition coefficient (Wildman–Crippen LogP) is 3.47. The fourth-order valence-electron chi connectivity index (χ4n) is 1.44. The molecule has 0 bridgehead atoms. The van der Waals surface area contributed by atoms with Crippen LogP contribution in [-0.2, 0) is 0 Å². The number of nitro benzene ring substituents is 1. The Balaban J connectivity index is 2.21. The summed E-state index contributed by atoms with van der Waals surface area (Å²) in [7, 11) is 0. The van der Waals surface area contributed by atoms with E-state index < -0.39 is 10.7 Å². The zero-order chi connectivity index (χ0) is 16.3. The van der Waals surface area contributed by atoms with Crippen LogP contribution in [0.5, 0.6) is 5.75 Å². The lowest BCUT2D eigenvalue weighted by Gasteiger charge is -2.09. The van der Waals surface area contributed by atoms with Crippen molar-refractivity contribution in [1.82, 2.24) is 4.98 Å². The van der Waals surface area contributed by atoms with E-state index in [9.17, 15) is 15.2 Å². The molecule has 2 rings (SSSR count). The normalized spacial score (nSPS) is 10.9. The standard InChI is InChI=1S/C12H7Cl3N4O3/c13-8-4-9(14)12(17-11(8)15)18-16-5-6-3-7(19(21)22)1-2-10(6)20/h1-5,20H,(H,17,18)/p-1/b16-5-. The molecule has 0 atom stereocenters. The summed E-state index contributed by atoms with van der Waals surface area (Å²) < 4.78 is 0. The van der Waals surface area contributed by atoms with Crippen LogP contribution in [0.25, 0.3) is 0 Å².